The smallest absolute Gasteiger partial charge is 0.409 e. The van der Waals surface area contributed by atoms with Crippen molar-refractivity contribution in [1.29, 1.82) is 0 Å². The van der Waals surface area contributed by atoms with Gasteiger partial charge in [-0.2, -0.15) is 0 Å². The van der Waals surface area contributed by atoms with E-state index in [4.69, 9.17) is 4.74 Å². The van der Waals surface area contributed by atoms with Gasteiger partial charge in [0.25, 0.3) is 0 Å². The van der Waals surface area contributed by atoms with Crippen molar-refractivity contribution in [3.8, 4) is 0 Å². The van der Waals surface area contributed by atoms with E-state index < -0.39 is 0 Å². The maximum absolute atomic E-state index is 11.6. The van der Waals surface area contributed by atoms with E-state index in [-0.39, 0.29) is 12.1 Å². The van der Waals surface area contributed by atoms with Crippen LogP contribution in [0, 0.1) is 6.92 Å². The summed E-state index contributed by atoms with van der Waals surface area (Å²) in [6.45, 7) is 7.88. The first-order valence-electron chi connectivity index (χ1n) is 7.29. The van der Waals surface area contributed by atoms with Gasteiger partial charge in [-0.25, -0.2) is 9.78 Å². The number of nitrogens with one attached hydrogen (secondary N) is 2. The Kier molecular flexibility index (Phi) is 5.00. The summed E-state index contributed by atoms with van der Waals surface area (Å²) in [5.74, 6) is 0.968. The largest absolute Gasteiger partial charge is 0.450 e. The lowest BCUT2D eigenvalue weighted by atomic mass is 10.0. The van der Waals surface area contributed by atoms with Gasteiger partial charge in [0, 0.05) is 31.0 Å². The molecular formula is C14H24N4O2. The van der Waals surface area contributed by atoms with Crippen molar-refractivity contribution in [2.24, 2.45) is 0 Å². The van der Waals surface area contributed by atoms with Gasteiger partial charge in [0.05, 0.1) is 12.6 Å². The molecule has 0 aliphatic carbocycles. The number of amides is 1. The standard InChI is InChI=1S/C14H24N4O2/c1-4-20-14(19)18-7-5-12(6-8-18)17-11(3)13-15-9-10(2)16-13/h9,11-12,17H,4-8H2,1-3H3,(H,15,16)/t11-/m1/s1. The maximum atomic E-state index is 11.6. The van der Waals surface area contributed by atoms with E-state index in [0.717, 1.165) is 37.4 Å². The molecule has 1 amide bonds. The number of nitrogens with zero attached hydrogens (tertiary/aromatic N) is 2. The molecule has 0 spiro atoms. The number of carbonyl (C=O) groups is 1. The van der Waals surface area contributed by atoms with Crippen molar-refractivity contribution in [2.75, 3.05) is 19.7 Å². The SMILES string of the molecule is CCOC(=O)N1CCC(N[C@H](C)c2ncc(C)[nH]2)CC1. The van der Waals surface area contributed by atoms with Crippen molar-refractivity contribution in [2.45, 2.75) is 45.7 Å². The van der Waals surface area contributed by atoms with Gasteiger partial charge in [-0.05, 0) is 33.6 Å². The zero-order valence-corrected chi connectivity index (χ0v) is 12.5. The predicted octanol–water partition coefficient (Wildman–Crippen LogP) is 1.99. The van der Waals surface area contributed by atoms with E-state index in [1.165, 1.54) is 0 Å². The highest BCUT2D eigenvalue weighted by molar-refractivity contribution is 5.67. The second-order valence-corrected chi connectivity index (χ2v) is 5.30. The fraction of sp³-hybridized carbons (Fsp3) is 0.714. The molecule has 6 nitrogen and oxygen atoms in total. The van der Waals surface area contributed by atoms with Crippen LogP contribution in [0.25, 0.3) is 0 Å². The van der Waals surface area contributed by atoms with Gasteiger partial charge in [-0.3, -0.25) is 0 Å². The van der Waals surface area contributed by atoms with Gasteiger partial charge in [0.2, 0.25) is 0 Å². The van der Waals surface area contributed by atoms with Crippen LogP contribution in [0.5, 0.6) is 0 Å². The fourth-order valence-corrected chi connectivity index (χ4v) is 2.53. The van der Waals surface area contributed by atoms with Crippen LogP contribution in [0.3, 0.4) is 0 Å². The molecule has 20 heavy (non-hydrogen) atoms. The van der Waals surface area contributed by atoms with Crippen LogP contribution in [-0.2, 0) is 4.74 Å². The zero-order chi connectivity index (χ0) is 14.5. The number of hydrogen-bond donors (Lipinski definition) is 2. The summed E-state index contributed by atoms with van der Waals surface area (Å²) in [6, 6.07) is 0.615. The number of aromatic amines is 1. The van der Waals surface area contributed by atoms with E-state index in [1.54, 1.807) is 4.90 Å². The minimum Gasteiger partial charge on any atom is -0.450 e. The molecule has 1 aliphatic rings. The number of hydrogen-bond acceptors (Lipinski definition) is 4. The minimum absolute atomic E-state index is 0.194. The summed E-state index contributed by atoms with van der Waals surface area (Å²) < 4.78 is 5.02. The number of piperidine rings is 1. The molecule has 1 aromatic rings. The molecule has 6 heteroatoms. The first-order valence-corrected chi connectivity index (χ1v) is 7.29. The molecule has 1 atom stereocenters. The van der Waals surface area contributed by atoms with Crippen LogP contribution in [0.4, 0.5) is 4.79 Å². The molecule has 1 aromatic heterocycles. The fourth-order valence-electron chi connectivity index (χ4n) is 2.53. The van der Waals surface area contributed by atoms with Crippen LogP contribution in [0.1, 0.15) is 44.2 Å². The number of carbonyl (C=O) groups excluding carboxylic acids is 1. The second kappa shape index (κ2) is 6.74. The third-order valence-electron chi connectivity index (χ3n) is 3.64. The molecule has 2 heterocycles. The van der Waals surface area contributed by atoms with E-state index in [0.29, 0.717) is 12.6 Å². The van der Waals surface area contributed by atoms with Gasteiger partial charge < -0.3 is 19.9 Å². The molecule has 1 fully saturated rings. The lowest BCUT2D eigenvalue weighted by molar-refractivity contribution is 0.0943. The molecule has 2 N–H and O–H groups in total. The van der Waals surface area contributed by atoms with E-state index in [1.807, 2.05) is 20.0 Å². The number of H-pyrrole nitrogens is 1. The molecule has 2 rings (SSSR count). The van der Waals surface area contributed by atoms with Crippen molar-refractivity contribution in [3.63, 3.8) is 0 Å². The Bertz CT molecular complexity index is 438. The van der Waals surface area contributed by atoms with E-state index >= 15 is 0 Å². The lowest BCUT2D eigenvalue weighted by Crippen LogP contribution is -2.45. The normalized spacial score (nSPS) is 18.1. The highest BCUT2D eigenvalue weighted by Crippen LogP contribution is 2.16. The second-order valence-electron chi connectivity index (χ2n) is 5.30. The average Bonchev–Trinajstić information content (AvgIpc) is 2.86. The Labute approximate surface area is 119 Å². The summed E-state index contributed by atoms with van der Waals surface area (Å²) in [5.41, 5.74) is 1.07. The van der Waals surface area contributed by atoms with Gasteiger partial charge in [-0.15, -0.1) is 0 Å². The average molecular weight is 280 g/mol. The number of likely N-dealkylation sites (tertiary alicyclic amines) is 1. The summed E-state index contributed by atoms with van der Waals surface area (Å²) in [6.07, 6.45) is 3.54. The van der Waals surface area contributed by atoms with Crippen molar-refractivity contribution < 1.29 is 9.53 Å². The van der Waals surface area contributed by atoms with E-state index in [9.17, 15) is 4.79 Å². The number of imidazole rings is 1. The first-order chi connectivity index (χ1) is 9.60. The molecule has 0 bridgehead atoms. The topological polar surface area (TPSA) is 70.2 Å². The van der Waals surface area contributed by atoms with Gasteiger partial charge >= 0.3 is 6.09 Å². The molecule has 112 valence electrons. The Hall–Kier alpha value is -1.56. The van der Waals surface area contributed by atoms with Crippen LogP contribution in [-0.4, -0.2) is 46.7 Å². The highest BCUT2D eigenvalue weighted by atomic mass is 16.6. The van der Waals surface area contributed by atoms with Gasteiger partial charge in [0.1, 0.15) is 5.82 Å². The Morgan fingerprint density at radius 1 is 1.60 bits per heavy atom. The summed E-state index contributed by atoms with van der Waals surface area (Å²) >= 11 is 0. The first kappa shape index (κ1) is 14.8. The molecule has 0 unspecified atom stereocenters. The molecule has 0 radical (unpaired) electrons. The van der Waals surface area contributed by atoms with Gasteiger partial charge in [-0.1, -0.05) is 0 Å². The quantitative estimate of drug-likeness (QED) is 0.885. The number of ether oxygens (including phenoxy) is 1. The highest BCUT2D eigenvalue weighted by Gasteiger charge is 2.24. The predicted molar refractivity (Wildman–Crippen MR) is 76.5 cm³/mol. The van der Waals surface area contributed by atoms with Crippen molar-refractivity contribution in [3.05, 3.63) is 17.7 Å². The Morgan fingerprint density at radius 2 is 2.30 bits per heavy atom. The lowest BCUT2D eigenvalue weighted by Gasteiger charge is -2.32. The maximum Gasteiger partial charge on any atom is 0.409 e. The summed E-state index contributed by atoms with van der Waals surface area (Å²) in [5, 5.41) is 3.57. The number of aryl methyl sites for hydroxylation is 1. The van der Waals surface area contributed by atoms with Crippen molar-refractivity contribution >= 4 is 6.09 Å². The third kappa shape index (κ3) is 3.72. The molecular weight excluding hydrogens is 256 g/mol. The zero-order valence-electron chi connectivity index (χ0n) is 12.5. The molecule has 0 aromatic carbocycles. The summed E-state index contributed by atoms with van der Waals surface area (Å²) in [4.78, 5) is 21.0. The number of aromatic nitrogens is 2. The van der Waals surface area contributed by atoms with Gasteiger partial charge in [0.15, 0.2) is 0 Å². The number of rotatable bonds is 4. The molecule has 1 saturated heterocycles. The Morgan fingerprint density at radius 3 is 2.85 bits per heavy atom. The molecule has 1 aliphatic heterocycles. The van der Waals surface area contributed by atoms with Crippen LogP contribution >= 0.6 is 0 Å². The summed E-state index contributed by atoms with van der Waals surface area (Å²) in [7, 11) is 0. The van der Waals surface area contributed by atoms with Crippen molar-refractivity contribution in [1.82, 2.24) is 20.2 Å². The van der Waals surface area contributed by atoms with E-state index in [2.05, 4.69) is 22.2 Å². The minimum atomic E-state index is -0.194. The van der Waals surface area contributed by atoms with Crippen LogP contribution in [0.15, 0.2) is 6.20 Å². The Balaban J connectivity index is 1.78. The monoisotopic (exact) mass is 280 g/mol. The van der Waals surface area contributed by atoms with Crippen LogP contribution in [0.2, 0.25) is 0 Å². The third-order valence-corrected chi connectivity index (χ3v) is 3.64. The van der Waals surface area contributed by atoms with Crippen LogP contribution < -0.4 is 5.32 Å². The molecule has 0 saturated carbocycles.